The van der Waals surface area contributed by atoms with Crippen LogP contribution >= 0.6 is 0 Å². The van der Waals surface area contributed by atoms with Crippen LogP contribution < -0.4 is 10.3 Å². The second kappa shape index (κ2) is 8.05. The molecule has 1 aliphatic rings. The highest BCUT2D eigenvalue weighted by molar-refractivity contribution is 5.88. The quantitative estimate of drug-likeness (QED) is 0.434. The van der Waals surface area contributed by atoms with E-state index in [1.54, 1.807) is 23.0 Å². The van der Waals surface area contributed by atoms with E-state index in [1.165, 1.54) is 11.0 Å². The largest absolute Gasteiger partial charge is 0.489 e. The molecule has 1 aromatic carbocycles. The van der Waals surface area contributed by atoms with E-state index in [0.29, 0.717) is 31.9 Å². The molecule has 0 unspecified atom stereocenters. The normalized spacial score (nSPS) is 13.3. The first kappa shape index (κ1) is 21.0. The third-order valence-electron chi connectivity index (χ3n) is 6.68. The van der Waals surface area contributed by atoms with Gasteiger partial charge in [0.2, 0.25) is 0 Å². The molecular weight excluding hydrogens is 446 g/mol. The molecule has 5 heterocycles. The Hall–Kier alpha value is -4.53. The zero-order chi connectivity index (χ0) is 24.1. The molecule has 6 rings (SSSR count). The number of carboxylic acid groups (broad SMARTS) is 1. The lowest BCUT2D eigenvalue weighted by Crippen LogP contribution is -2.34. The molecule has 9 nitrogen and oxygen atoms in total. The molecule has 0 aliphatic carbocycles. The van der Waals surface area contributed by atoms with Crippen LogP contribution in [0.3, 0.4) is 0 Å². The zero-order valence-electron chi connectivity index (χ0n) is 19.1. The molecule has 0 radical (unpaired) electrons. The monoisotopic (exact) mass is 469 g/mol. The van der Waals surface area contributed by atoms with E-state index in [-0.39, 0.29) is 5.56 Å². The van der Waals surface area contributed by atoms with E-state index >= 15 is 0 Å². The van der Waals surface area contributed by atoms with Gasteiger partial charge in [-0.1, -0.05) is 12.1 Å². The predicted octanol–water partition coefficient (Wildman–Crippen LogP) is 3.59. The topological polar surface area (TPSA) is 94.0 Å². The van der Waals surface area contributed by atoms with Gasteiger partial charge in [-0.05, 0) is 24.3 Å². The molecular formula is C26H23N5O4. The van der Waals surface area contributed by atoms with Crippen LogP contribution in [-0.2, 0) is 26.6 Å². The number of benzene rings is 1. The molecule has 0 bridgehead atoms. The standard InChI is InChI=1S/C26H23N5O4/c1-28-22-7-9-30(26(33)34)15-21(22)20-4-3-18(12-23(20)28)31-10-6-19(13-25(31)32)35-16-17-2-5-24-27-8-11-29(24)14-17/h2-6,8,10-14H,7,9,15-16H2,1H3,(H,33,34). The number of rotatable bonds is 4. The molecule has 0 fully saturated rings. The van der Waals surface area contributed by atoms with Gasteiger partial charge in [0.15, 0.2) is 0 Å². The molecule has 1 amide bonds. The van der Waals surface area contributed by atoms with E-state index < -0.39 is 6.09 Å². The predicted molar refractivity (Wildman–Crippen MR) is 130 cm³/mol. The highest BCUT2D eigenvalue weighted by Gasteiger charge is 2.25. The van der Waals surface area contributed by atoms with Crippen molar-refractivity contribution in [1.82, 2.24) is 23.4 Å². The Morgan fingerprint density at radius 1 is 1.14 bits per heavy atom. The Labute approximate surface area is 200 Å². The fourth-order valence-corrected chi connectivity index (χ4v) is 4.86. The number of carbonyl (C=O) groups is 1. The van der Waals surface area contributed by atoms with Crippen LogP contribution in [-0.4, -0.2) is 41.2 Å². The second-order valence-electron chi connectivity index (χ2n) is 8.73. The van der Waals surface area contributed by atoms with E-state index in [4.69, 9.17) is 4.74 Å². The average Bonchev–Trinajstić information content (AvgIpc) is 3.44. The first-order valence-electron chi connectivity index (χ1n) is 11.3. The lowest BCUT2D eigenvalue weighted by molar-refractivity contribution is 0.139. The number of aryl methyl sites for hydroxylation is 1. The minimum Gasteiger partial charge on any atom is -0.489 e. The fourth-order valence-electron chi connectivity index (χ4n) is 4.86. The molecule has 0 atom stereocenters. The van der Waals surface area contributed by atoms with Crippen molar-refractivity contribution in [3.8, 4) is 11.4 Å². The fraction of sp³-hybridized carbons (Fsp3) is 0.192. The third kappa shape index (κ3) is 3.61. The van der Waals surface area contributed by atoms with Crippen molar-refractivity contribution in [3.05, 3.63) is 94.4 Å². The first-order chi connectivity index (χ1) is 17.0. The van der Waals surface area contributed by atoms with Crippen molar-refractivity contribution >= 4 is 22.6 Å². The van der Waals surface area contributed by atoms with Gasteiger partial charge in [-0.25, -0.2) is 9.78 Å². The van der Waals surface area contributed by atoms with Gasteiger partial charge in [0, 0.05) is 73.1 Å². The molecule has 9 heteroatoms. The maximum absolute atomic E-state index is 12.9. The third-order valence-corrected chi connectivity index (χ3v) is 6.68. The van der Waals surface area contributed by atoms with E-state index in [9.17, 15) is 14.7 Å². The van der Waals surface area contributed by atoms with Crippen LogP contribution in [0.15, 0.2) is 72.0 Å². The summed E-state index contributed by atoms with van der Waals surface area (Å²) in [7, 11) is 1.99. The van der Waals surface area contributed by atoms with Crippen molar-refractivity contribution in [2.75, 3.05) is 6.54 Å². The summed E-state index contributed by atoms with van der Waals surface area (Å²) >= 11 is 0. The summed E-state index contributed by atoms with van der Waals surface area (Å²) in [6.07, 6.45) is 7.05. The summed E-state index contributed by atoms with van der Waals surface area (Å²) in [5, 5.41) is 10.4. The Morgan fingerprint density at radius 2 is 2.03 bits per heavy atom. The number of fused-ring (bicyclic) bond motifs is 4. The van der Waals surface area contributed by atoms with Gasteiger partial charge in [0.1, 0.15) is 18.0 Å². The minimum atomic E-state index is -0.902. The van der Waals surface area contributed by atoms with E-state index in [1.807, 2.05) is 54.2 Å². The number of pyridine rings is 2. The Kier molecular flexibility index (Phi) is 4.84. The summed E-state index contributed by atoms with van der Waals surface area (Å²) in [4.78, 5) is 30.0. The Morgan fingerprint density at radius 3 is 2.86 bits per heavy atom. The minimum absolute atomic E-state index is 0.192. The van der Waals surface area contributed by atoms with Crippen molar-refractivity contribution in [2.24, 2.45) is 7.05 Å². The lowest BCUT2D eigenvalue weighted by atomic mass is 10.0. The van der Waals surface area contributed by atoms with Crippen LogP contribution in [0.1, 0.15) is 16.8 Å². The van der Waals surface area contributed by atoms with Gasteiger partial charge in [-0.3, -0.25) is 9.36 Å². The van der Waals surface area contributed by atoms with Gasteiger partial charge < -0.3 is 23.7 Å². The summed E-state index contributed by atoms with van der Waals surface area (Å²) in [5.74, 6) is 0.501. The van der Waals surface area contributed by atoms with Gasteiger partial charge in [-0.2, -0.15) is 0 Å². The first-order valence-corrected chi connectivity index (χ1v) is 11.3. The van der Waals surface area contributed by atoms with Gasteiger partial charge in [0.25, 0.3) is 5.56 Å². The number of aromatic nitrogens is 4. The molecule has 35 heavy (non-hydrogen) atoms. The SMILES string of the molecule is Cn1c2c(c3ccc(-n4ccc(OCc5ccc6nccn6c5)cc4=O)cc31)CN(C(=O)O)CC2. The van der Waals surface area contributed by atoms with Crippen LogP contribution in [0.2, 0.25) is 0 Å². The highest BCUT2D eigenvalue weighted by atomic mass is 16.5. The van der Waals surface area contributed by atoms with Crippen molar-refractivity contribution in [1.29, 1.82) is 0 Å². The Bertz CT molecular complexity index is 1660. The molecule has 0 saturated heterocycles. The number of amides is 1. The number of hydrogen-bond acceptors (Lipinski definition) is 4. The van der Waals surface area contributed by atoms with Gasteiger partial charge >= 0.3 is 6.09 Å². The molecule has 5 aromatic rings. The maximum atomic E-state index is 12.9. The number of imidazole rings is 1. The molecule has 0 spiro atoms. The summed E-state index contributed by atoms with van der Waals surface area (Å²) in [6.45, 7) is 1.20. The van der Waals surface area contributed by atoms with Crippen molar-refractivity contribution in [2.45, 2.75) is 19.6 Å². The van der Waals surface area contributed by atoms with Crippen LogP contribution in [0.25, 0.3) is 22.2 Å². The van der Waals surface area contributed by atoms with E-state index in [2.05, 4.69) is 9.55 Å². The van der Waals surface area contributed by atoms with Crippen molar-refractivity contribution in [3.63, 3.8) is 0 Å². The molecule has 176 valence electrons. The van der Waals surface area contributed by atoms with Gasteiger partial charge in [0.05, 0.1) is 17.7 Å². The van der Waals surface area contributed by atoms with E-state index in [0.717, 1.165) is 39.1 Å². The summed E-state index contributed by atoms with van der Waals surface area (Å²) in [6, 6.07) is 13.0. The molecule has 4 aromatic heterocycles. The lowest BCUT2D eigenvalue weighted by Gasteiger charge is -2.25. The van der Waals surface area contributed by atoms with Crippen molar-refractivity contribution < 1.29 is 14.6 Å². The number of hydrogen-bond donors (Lipinski definition) is 1. The highest BCUT2D eigenvalue weighted by Crippen LogP contribution is 2.31. The molecule has 1 aliphatic heterocycles. The molecule has 1 N–H and O–H groups in total. The second-order valence-corrected chi connectivity index (χ2v) is 8.73. The number of ether oxygens (including phenoxy) is 1. The summed E-state index contributed by atoms with van der Waals surface area (Å²) < 4.78 is 11.5. The van der Waals surface area contributed by atoms with Crippen LogP contribution in [0.4, 0.5) is 4.79 Å². The Balaban J connectivity index is 1.26. The van der Waals surface area contributed by atoms with Gasteiger partial charge in [-0.15, -0.1) is 0 Å². The maximum Gasteiger partial charge on any atom is 0.407 e. The molecule has 0 saturated carbocycles. The van der Waals surface area contributed by atoms with Crippen LogP contribution in [0.5, 0.6) is 5.75 Å². The zero-order valence-corrected chi connectivity index (χ0v) is 19.1. The van der Waals surface area contributed by atoms with Crippen LogP contribution in [0, 0.1) is 0 Å². The average molecular weight is 470 g/mol. The number of nitrogens with zero attached hydrogens (tertiary/aromatic N) is 5. The summed E-state index contributed by atoms with van der Waals surface area (Å²) in [5.41, 5.74) is 5.54. The smallest absolute Gasteiger partial charge is 0.407 e.